The Morgan fingerprint density at radius 3 is 2.30 bits per heavy atom. The number of sulfonamides is 1. The monoisotopic (exact) mass is 432 g/mol. The second-order valence-corrected chi connectivity index (χ2v) is 9.11. The van der Waals surface area contributed by atoms with Gasteiger partial charge in [0.1, 0.15) is 12.3 Å². The van der Waals surface area contributed by atoms with Gasteiger partial charge in [0, 0.05) is 6.54 Å². The van der Waals surface area contributed by atoms with E-state index in [0.717, 1.165) is 30.0 Å². The van der Waals surface area contributed by atoms with Crippen molar-refractivity contribution in [2.45, 2.75) is 44.4 Å². The molecule has 2 aromatic rings. The Morgan fingerprint density at radius 2 is 1.73 bits per heavy atom. The van der Waals surface area contributed by atoms with Gasteiger partial charge in [-0.15, -0.1) is 0 Å². The average molecular weight is 433 g/mol. The number of hydrogen-bond acceptors (Lipinski definition) is 4. The third-order valence-corrected chi connectivity index (χ3v) is 6.90. The van der Waals surface area contributed by atoms with Crippen LogP contribution in [0.15, 0.2) is 59.5 Å². The number of carbonyl (C=O) groups is 1. The number of hydrogen-bond donors (Lipinski definition) is 1. The van der Waals surface area contributed by atoms with Crippen molar-refractivity contribution >= 4 is 21.6 Å². The molecule has 0 spiro atoms. The molecule has 0 bridgehead atoms. The first kappa shape index (κ1) is 23.7. The molecule has 2 aromatic carbocycles. The second kappa shape index (κ2) is 11.6. The molecule has 0 fully saturated rings. The molecular formula is C23H32N2O4S. The van der Waals surface area contributed by atoms with Crippen LogP contribution in [0.5, 0.6) is 5.75 Å². The fourth-order valence-electron chi connectivity index (χ4n) is 3.17. The second-order valence-electron chi connectivity index (χ2n) is 7.24. The number of unbranched alkanes of at least 4 members (excludes halogenated alkanes) is 1. The Bertz CT molecular complexity index is 883. The first-order valence-electron chi connectivity index (χ1n) is 10.4. The molecule has 164 valence electrons. The predicted octanol–water partition coefficient (Wildman–Crippen LogP) is 4.22. The molecule has 7 heteroatoms. The Balaban J connectivity index is 2.20. The number of methoxy groups -OCH3 is 1. The minimum absolute atomic E-state index is 0.106. The number of amides is 1. The fourth-order valence-corrected chi connectivity index (χ4v) is 4.59. The number of ether oxygens (including phenoxy) is 1. The van der Waals surface area contributed by atoms with Gasteiger partial charge in [0.25, 0.3) is 10.0 Å². The summed E-state index contributed by atoms with van der Waals surface area (Å²) in [5.41, 5.74) is 0.446. The number of carbonyl (C=O) groups excluding carboxylic acids is 1. The molecule has 6 nitrogen and oxygen atoms in total. The Morgan fingerprint density at radius 1 is 1.07 bits per heavy atom. The predicted molar refractivity (Wildman–Crippen MR) is 120 cm³/mol. The van der Waals surface area contributed by atoms with Crippen molar-refractivity contribution in [1.82, 2.24) is 5.32 Å². The van der Waals surface area contributed by atoms with E-state index in [0.29, 0.717) is 23.9 Å². The molecule has 0 radical (unpaired) electrons. The third-order valence-electron chi connectivity index (χ3n) is 5.11. The molecule has 0 saturated heterocycles. The molecule has 30 heavy (non-hydrogen) atoms. The van der Waals surface area contributed by atoms with E-state index in [2.05, 4.69) is 19.2 Å². The normalized spacial score (nSPS) is 12.2. The first-order chi connectivity index (χ1) is 14.4. The molecule has 1 N–H and O–H groups in total. The van der Waals surface area contributed by atoms with E-state index >= 15 is 0 Å². The average Bonchev–Trinajstić information content (AvgIpc) is 2.78. The molecule has 1 atom stereocenters. The summed E-state index contributed by atoms with van der Waals surface area (Å²) in [7, 11) is -2.39. The molecule has 1 amide bonds. The molecule has 0 aromatic heterocycles. The summed E-state index contributed by atoms with van der Waals surface area (Å²) in [5.74, 6) is 0.652. The molecular weight excluding hydrogens is 400 g/mol. The fraction of sp³-hybridized carbons (Fsp3) is 0.435. The summed E-state index contributed by atoms with van der Waals surface area (Å²) in [6.45, 7) is 4.53. The van der Waals surface area contributed by atoms with Crippen LogP contribution in [0.4, 0.5) is 5.69 Å². The lowest BCUT2D eigenvalue weighted by molar-refractivity contribution is -0.119. The zero-order valence-electron chi connectivity index (χ0n) is 18.0. The molecule has 0 saturated carbocycles. The molecule has 0 heterocycles. The lowest BCUT2D eigenvalue weighted by Gasteiger charge is -2.24. The number of para-hydroxylation sites is 1. The van der Waals surface area contributed by atoms with Crippen molar-refractivity contribution in [3.8, 4) is 5.75 Å². The van der Waals surface area contributed by atoms with Crippen LogP contribution in [-0.4, -0.2) is 34.5 Å². The maximum Gasteiger partial charge on any atom is 0.264 e. The number of rotatable bonds is 12. The van der Waals surface area contributed by atoms with Crippen LogP contribution in [-0.2, 0) is 14.8 Å². The van der Waals surface area contributed by atoms with Crippen LogP contribution in [0.25, 0.3) is 0 Å². The topological polar surface area (TPSA) is 75.7 Å². The van der Waals surface area contributed by atoms with E-state index in [1.165, 1.54) is 19.2 Å². The Labute approximate surface area is 180 Å². The molecule has 1 unspecified atom stereocenters. The summed E-state index contributed by atoms with van der Waals surface area (Å²) in [4.78, 5) is 12.8. The van der Waals surface area contributed by atoms with Crippen molar-refractivity contribution in [2.24, 2.45) is 5.92 Å². The van der Waals surface area contributed by atoms with E-state index in [1.54, 1.807) is 42.5 Å². The summed E-state index contributed by atoms with van der Waals surface area (Å²) >= 11 is 0. The molecule has 0 aliphatic heterocycles. The molecule has 0 aliphatic rings. The maximum absolute atomic E-state index is 13.3. The van der Waals surface area contributed by atoms with Crippen LogP contribution in [0.2, 0.25) is 0 Å². The van der Waals surface area contributed by atoms with Gasteiger partial charge in [0.15, 0.2) is 0 Å². The SMILES string of the molecule is CCCCC(CC)CNC(=O)CN(c1ccccc1)S(=O)(=O)c1ccc(OC)cc1. The minimum atomic E-state index is -3.92. The van der Waals surface area contributed by atoms with Gasteiger partial charge in [-0.25, -0.2) is 8.42 Å². The Hall–Kier alpha value is -2.54. The number of benzene rings is 2. The zero-order valence-corrected chi connectivity index (χ0v) is 18.8. The largest absolute Gasteiger partial charge is 0.497 e. The van der Waals surface area contributed by atoms with Crippen LogP contribution in [0.1, 0.15) is 39.5 Å². The van der Waals surface area contributed by atoms with Crippen molar-refractivity contribution < 1.29 is 17.9 Å². The first-order valence-corrected chi connectivity index (χ1v) is 11.8. The number of nitrogens with zero attached hydrogens (tertiary/aromatic N) is 1. The van der Waals surface area contributed by atoms with Crippen molar-refractivity contribution in [3.63, 3.8) is 0 Å². The van der Waals surface area contributed by atoms with Crippen LogP contribution < -0.4 is 14.4 Å². The highest BCUT2D eigenvalue weighted by molar-refractivity contribution is 7.92. The van der Waals surface area contributed by atoms with Crippen molar-refractivity contribution in [1.29, 1.82) is 0 Å². The smallest absolute Gasteiger partial charge is 0.264 e. The van der Waals surface area contributed by atoms with E-state index in [1.807, 2.05) is 0 Å². The van der Waals surface area contributed by atoms with Gasteiger partial charge < -0.3 is 10.1 Å². The van der Waals surface area contributed by atoms with E-state index in [4.69, 9.17) is 4.74 Å². The number of anilines is 1. The minimum Gasteiger partial charge on any atom is -0.497 e. The highest BCUT2D eigenvalue weighted by Crippen LogP contribution is 2.25. The van der Waals surface area contributed by atoms with Gasteiger partial charge in [0.05, 0.1) is 17.7 Å². The van der Waals surface area contributed by atoms with E-state index < -0.39 is 10.0 Å². The molecule has 0 aliphatic carbocycles. The summed E-state index contributed by atoms with van der Waals surface area (Å²) in [6, 6.07) is 14.8. The highest BCUT2D eigenvalue weighted by Gasteiger charge is 2.27. The van der Waals surface area contributed by atoms with Crippen LogP contribution >= 0.6 is 0 Å². The third kappa shape index (κ3) is 6.49. The Kier molecular flexibility index (Phi) is 9.17. The number of nitrogens with one attached hydrogen (secondary N) is 1. The molecule has 2 rings (SSSR count). The maximum atomic E-state index is 13.3. The van der Waals surface area contributed by atoms with Gasteiger partial charge in [-0.05, 0) is 48.7 Å². The zero-order chi connectivity index (χ0) is 22.0. The van der Waals surface area contributed by atoms with Gasteiger partial charge in [-0.1, -0.05) is 51.3 Å². The summed E-state index contributed by atoms with van der Waals surface area (Å²) in [6.07, 6.45) is 4.27. The lowest BCUT2D eigenvalue weighted by atomic mass is 9.99. The van der Waals surface area contributed by atoms with Gasteiger partial charge >= 0.3 is 0 Å². The van der Waals surface area contributed by atoms with Crippen molar-refractivity contribution in [3.05, 3.63) is 54.6 Å². The summed E-state index contributed by atoms with van der Waals surface area (Å²) < 4.78 is 32.9. The van der Waals surface area contributed by atoms with Crippen LogP contribution in [0, 0.1) is 5.92 Å². The van der Waals surface area contributed by atoms with Gasteiger partial charge in [-0.2, -0.15) is 0 Å². The van der Waals surface area contributed by atoms with Gasteiger partial charge in [-0.3, -0.25) is 9.10 Å². The standard InChI is InChI=1S/C23H32N2O4S/c1-4-6-10-19(5-2)17-24-23(26)18-25(20-11-8-7-9-12-20)30(27,28)22-15-13-21(29-3)14-16-22/h7-9,11-16,19H,4-6,10,17-18H2,1-3H3,(H,24,26). The van der Waals surface area contributed by atoms with Gasteiger partial charge in [0.2, 0.25) is 5.91 Å². The highest BCUT2D eigenvalue weighted by atomic mass is 32.2. The van der Waals surface area contributed by atoms with Crippen LogP contribution in [0.3, 0.4) is 0 Å². The van der Waals surface area contributed by atoms with E-state index in [-0.39, 0.29) is 17.3 Å². The summed E-state index contributed by atoms with van der Waals surface area (Å²) in [5, 5.41) is 2.92. The lowest BCUT2D eigenvalue weighted by Crippen LogP contribution is -2.42. The quantitative estimate of drug-likeness (QED) is 0.545. The van der Waals surface area contributed by atoms with Crippen molar-refractivity contribution in [2.75, 3.05) is 24.5 Å². The van der Waals surface area contributed by atoms with E-state index in [9.17, 15) is 13.2 Å².